The van der Waals surface area contributed by atoms with E-state index in [0.717, 1.165) is 21.9 Å². The predicted octanol–water partition coefficient (Wildman–Crippen LogP) is 4.08. The number of nitrogens with zero attached hydrogens (tertiary/aromatic N) is 1. The SMILES string of the molecule is C#CCOc1ccc([C@@H]2C(C#N)=C(N)Oc3c2ccc2ccccc32)cc1OC. The molecule has 3 aromatic carbocycles. The van der Waals surface area contributed by atoms with Crippen molar-refractivity contribution in [2.75, 3.05) is 13.7 Å². The zero-order chi connectivity index (χ0) is 20.4. The third-order valence-electron chi connectivity index (χ3n) is 4.94. The van der Waals surface area contributed by atoms with Crippen LogP contribution in [0.4, 0.5) is 0 Å². The van der Waals surface area contributed by atoms with Gasteiger partial charge in [0.15, 0.2) is 11.5 Å². The van der Waals surface area contributed by atoms with E-state index in [1.807, 2.05) is 48.5 Å². The van der Waals surface area contributed by atoms with Crippen molar-refractivity contribution >= 4 is 10.8 Å². The number of hydrogen-bond donors (Lipinski definition) is 1. The van der Waals surface area contributed by atoms with E-state index in [1.54, 1.807) is 13.2 Å². The van der Waals surface area contributed by atoms with Gasteiger partial charge in [-0.15, -0.1) is 6.42 Å². The second-order valence-electron chi connectivity index (χ2n) is 6.53. The maximum atomic E-state index is 9.78. The van der Waals surface area contributed by atoms with Crippen molar-refractivity contribution in [1.29, 1.82) is 5.26 Å². The van der Waals surface area contributed by atoms with Gasteiger partial charge in [0.1, 0.15) is 24.0 Å². The summed E-state index contributed by atoms with van der Waals surface area (Å²) in [6.45, 7) is 0.137. The molecular formula is C24H18N2O3. The lowest BCUT2D eigenvalue weighted by Gasteiger charge is -2.28. The molecule has 1 aliphatic heterocycles. The smallest absolute Gasteiger partial charge is 0.205 e. The molecule has 29 heavy (non-hydrogen) atoms. The van der Waals surface area contributed by atoms with E-state index >= 15 is 0 Å². The van der Waals surface area contributed by atoms with E-state index in [1.165, 1.54) is 0 Å². The maximum Gasteiger partial charge on any atom is 0.205 e. The molecule has 1 atom stereocenters. The summed E-state index contributed by atoms with van der Waals surface area (Å²) in [6, 6.07) is 19.6. The van der Waals surface area contributed by atoms with Gasteiger partial charge < -0.3 is 19.9 Å². The predicted molar refractivity (Wildman–Crippen MR) is 111 cm³/mol. The Kier molecular flexibility index (Phi) is 4.73. The molecule has 0 amide bonds. The summed E-state index contributed by atoms with van der Waals surface area (Å²) in [5, 5.41) is 11.8. The van der Waals surface area contributed by atoms with Gasteiger partial charge in [-0.3, -0.25) is 0 Å². The van der Waals surface area contributed by atoms with Crippen LogP contribution in [0, 0.1) is 23.7 Å². The fraction of sp³-hybridized carbons (Fsp3) is 0.125. The maximum absolute atomic E-state index is 9.78. The van der Waals surface area contributed by atoms with Crippen LogP contribution in [0.25, 0.3) is 10.8 Å². The zero-order valence-electron chi connectivity index (χ0n) is 15.8. The Balaban J connectivity index is 1.90. The number of benzene rings is 3. The Hall–Kier alpha value is -4.09. The summed E-state index contributed by atoms with van der Waals surface area (Å²) < 4.78 is 16.9. The molecule has 142 valence electrons. The van der Waals surface area contributed by atoms with Crippen molar-refractivity contribution in [2.45, 2.75) is 5.92 Å². The van der Waals surface area contributed by atoms with E-state index in [0.29, 0.717) is 22.8 Å². The van der Waals surface area contributed by atoms with Crippen LogP contribution in [0.1, 0.15) is 17.0 Å². The quantitative estimate of drug-likeness (QED) is 0.688. The van der Waals surface area contributed by atoms with Gasteiger partial charge in [0.25, 0.3) is 0 Å². The van der Waals surface area contributed by atoms with Crippen LogP contribution in [0.5, 0.6) is 17.2 Å². The highest BCUT2D eigenvalue weighted by molar-refractivity contribution is 5.91. The standard InChI is InChI=1S/C24H18N2O3/c1-3-12-28-20-11-9-16(13-21(20)27-2)22-18-10-8-15-6-4-5-7-17(15)23(18)29-24(26)19(22)14-25/h1,4-11,13,22H,12,26H2,2H3/t22-/m0/s1. The van der Waals surface area contributed by atoms with E-state index in [9.17, 15) is 5.26 Å². The highest BCUT2D eigenvalue weighted by atomic mass is 16.5. The lowest BCUT2D eigenvalue weighted by molar-refractivity contribution is 0.330. The number of ether oxygens (including phenoxy) is 3. The number of fused-ring (bicyclic) bond motifs is 3. The molecule has 0 fully saturated rings. The van der Waals surface area contributed by atoms with Crippen molar-refractivity contribution in [3.63, 3.8) is 0 Å². The monoisotopic (exact) mass is 382 g/mol. The summed E-state index contributed by atoms with van der Waals surface area (Å²) in [4.78, 5) is 0. The van der Waals surface area contributed by atoms with E-state index in [2.05, 4.69) is 12.0 Å². The zero-order valence-corrected chi connectivity index (χ0v) is 15.8. The normalized spacial score (nSPS) is 15.1. The van der Waals surface area contributed by atoms with Gasteiger partial charge in [0.05, 0.1) is 13.0 Å². The minimum absolute atomic E-state index is 0.105. The first-order chi connectivity index (χ1) is 14.2. The lowest BCUT2D eigenvalue weighted by atomic mass is 9.82. The van der Waals surface area contributed by atoms with Gasteiger partial charge in [0.2, 0.25) is 5.88 Å². The molecule has 0 aliphatic carbocycles. The average Bonchev–Trinajstić information content (AvgIpc) is 2.76. The van der Waals surface area contributed by atoms with Crippen molar-refractivity contribution in [2.24, 2.45) is 5.73 Å². The highest BCUT2D eigenvalue weighted by Crippen LogP contribution is 2.46. The molecule has 1 aliphatic rings. The Bertz CT molecular complexity index is 1220. The van der Waals surface area contributed by atoms with Crippen LogP contribution in [0.3, 0.4) is 0 Å². The van der Waals surface area contributed by atoms with Crippen LogP contribution >= 0.6 is 0 Å². The molecule has 4 rings (SSSR count). The first kappa shape index (κ1) is 18.3. The molecule has 3 aromatic rings. The first-order valence-electron chi connectivity index (χ1n) is 9.01. The molecule has 0 unspecified atom stereocenters. The van der Waals surface area contributed by atoms with Crippen molar-refractivity contribution < 1.29 is 14.2 Å². The molecule has 0 radical (unpaired) electrons. The number of nitrogens with two attached hydrogens (primary N) is 1. The van der Waals surface area contributed by atoms with Crippen molar-refractivity contribution in [3.05, 3.63) is 77.2 Å². The van der Waals surface area contributed by atoms with Crippen LogP contribution in [-0.2, 0) is 0 Å². The van der Waals surface area contributed by atoms with Crippen LogP contribution in [0.2, 0.25) is 0 Å². The summed E-state index contributed by atoms with van der Waals surface area (Å²) in [5.41, 5.74) is 8.21. The molecular weight excluding hydrogens is 364 g/mol. The highest BCUT2D eigenvalue weighted by Gasteiger charge is 2.32. The molecule has 2 N–H and O–H groups in total. The van der Waals surface area contributed by atoms with E-state index < -0.39 is 0 Å². The molecule has 0 spiro atoms. The fourth-order valence-electron chi connectivity index (χ4n) is 3.63. The number of methoxy groups -OCH3 is 1. The number of terminal acetylenes is 1. The third kappa shape index (κ3) is 3.09. The molecule has 5 heteroatoms. The van der Waals surface area contributed by atoms with Gasteiger partial charge in [-0.25, -0.2) is 0 Å². The van der Waals surface area contributed by atoms with E-state index in [-0.39, 0.29) is 18.4 Å². The average molecular weight is 382 g/mol. The Morgan fingerprint density at radius 1 is 1.14 bits per heavy atom. The topological polar surface area (TPSA) is 77.5 Å². The minimum atomic E-state index is -0.385. The second kappa shape index (κ2) is 7.50. The van der Waals surface area contributed by atoms with Gasteiger partial charge in [-0.05, 0) is 23.1 Å². The number of rotatable bonds is 4. The Labute approximate surface area is 168 Å². The van der Waals surface area contributed by atoms with Gasteiger partial charge in [0, 0.05) is 10.9 Å². The Morgan fingerprint density at radius 3 is 2.72 bits per heavy atom. The fourth-order valence-corrected chi connectivity index (χ4v) is 3.63. The molecule has 0 aromatic heterocycles. The summed E-state index contributed by atoms with van der Waals surface area (Å²) in [5.74, 6) is 3.89. The Morgan fingerprint density at radius 2 is 1.97 bits per heavy atom. The number of nitriles is 1. The molecule has 0 saturated heterocycles. The first-order valence-corrected chi connectivity index (χ1v) is 9.01. The molecule has 5 nitrogen and oxygen atoms in total. The van der Waals surface area contributed by atoms with Crippen LogP contribution < -0.4 is 19.9 Å². The molecule has 0 bridgehead atoms. The van der Waals surface area contributed by atoms with E-state index in [4.69, 9.17) is 26.4 Å². The van der Waals surface area contributed by atoms with Crippen LogP contribution in [0.15, 0.2) is 66.1 Å². The van der Waals surface area contributed by atoms with Crippen molar-refractivity contribution in [1.82, 2.24) is 0 Å². The van der Waals surface area contributed by atoms with Gasteiger partial charge >= 0.3 is 0 Å². The van der Waals surface area contributed by atoms with Gasteiger partial charge in [-0.2, -0.15) is 5.26 Å². The lowest BCUT2D eigenvalue weighted by Crippen LogP contribution is -2.21. The number of hydrogen-bond acceptors (Lipinski definition) is 5. The third-order valence-corrected chi connectivity index (χ3v) is 4.94. The molecule has 0 saturated carbocycles. The molecule has 1 heterocycles. The summed E-state index contributed by atoms with van der Waals surface area (Å²) >= 11 is 0. The second-order valence-corrected chi connectivity index (χ2v) is 6.53. The van der Waals surface area contributed by atoms with Gasteiger partial charge in [-0.1, -0.05) is 48.4 Å². The minimum Gasteiger partial charge on any atom is -0.493 e. The number of allylic oxidation sites excluding steroid dienone is 1. The summed E-state index contributed by atoms with van der Waals surface area (Å²) in [7, 11) is 1.56. The largest absolute Gasteiger partial charge is 0.493 e. The summed E-state index contributed by atoms with van der Waals surface area (Å²) in [6.07, 6.45) is 5.28. The van der Waals surface area contributed by atoms with Crippen molar-refractivity contribution in [3.8, 4) is 35.7 Å². The van der Waals surface area contributed by atoms with Crippen LogP contribution in [-0.4, -0.2) is 13.7 Å².